The number of aromatic nitrogens is 1. The zero-order valence-corrected chi connectivity index (χ0v) is 25.9. The van der Waals surface area contributed by atoms with E-state index < -0.39 is 29.9 Å². The number of phenols is 1. The van der Waals surface area contributed by atoms with Gasteiger partial charge in [-0.05, 0) is 53.3 Å². The maximum absolute atomic E-state index is 13.2. The molecule has 12 heteroatoms. The Morgan fingerprint density at radius 2 is 1.91 bits per heavy atom. The van der Waals surface area contributed by atoms with Crippen LogP contribution in [-0.4, -0.2) is 71.3 Å². The fraction of sp³-hybridized carbons (Fsp3) is 0.364. The number of benzene rings is 2. The Hall–Kier alpha value is -4.97. The Kier molecular flexibility index (Phi) is 10.7. The van der Waals surface area contributed by atoms with Crippen LogP contribution in [0.3, 0.4) is 0 Å². The number of guanidine groups is 1. The second kappa shape index (κ2) is 14.7. The lowest BCUT2D eigenvalue weighted by molar-refractivity contribution is -0.143. The Morgan fingerprint density at radius 1 is 1.11 bits per heavy atom. The van der Waals surface area contributed by atoms with Crippen LogP contribution in [0.15, 0.2) is 65.9 Å². The number of hydrogen-bond acceptors (Lipinski definition) is 10. The number of phenolic OH excluding ortho intramolecular Hbond substituents is 1. The van der Waals surface area contributed by atoms with Gasteiger partial charge < -0.3 is 36.2 Å². The Bertz CT molecular complexity index is 1550. The highest BCUT2D eigenvalue weighted by molar-refractivity contribution is 6.00. The van der Waals surface area contributed by atoms with Crippen LogP contribution in [0, 0.1) is 0 Å². The van der Waals surface area contributed by atoms with Crippen LogP contribution in [0.1, 0.15) is 61.6 Å². The molecule has 0 radical (unpaired) electrons. The molecule has 2 amide bonds. The van der Waals surface area contributed by atoms with Crippen molar-refractivity contribution in [2.24, 2.45) is 4.99 Å². The van der Waals surface area contributed by atoms with Gasteiger partial charge in [0.25, 0.3) is 5.91 Å². The summed E-state index contributed by atoms with van der Waals surface area (Å²) in [6, 6.07) is 13.2. The molecule has 2 aromatic carbocycles. The number of esters is 1. The van der Waals surface area contributed by atoms with Crippen LogP contribution in [0.2, 0.25) is 0 Å². The summed E-state index contributed by atoms with van der Waals surface area (Å²) < 4.78 is 5.20. The van der Waals surface area contributed by atoms with Gasteiger partial charge in [0.15, 0.2) is 5.96 Å². The molecule has 3 aromatic rings. The molecule has 1 aliphatic rings. The topological polar surface area (TPSA) is 174 Å². The predicted octanol–water partition coefficient (Wildman–Crippen LogP) is 3.02. The largest absolute Gasteiger partial charge is 0.508 e. The average Bonchev–Trinajstić information content (AvgIpc) is 3.00. The van der Waals surface area contributed by atoms with E-state index in [1.807, 2.05) is 24.3 Å². The van der Waals surface area contributed by atoms with Crippen LogP contribution >= 0.6 is 0 Å². The first-order valence-electron chi connectivity index (χ1n) is 14.8. The molecule has 238 valence electrons. The van der Waals surface area contributed by atoms with E-state index in [4.69, 9.17) is 4.74 Å². The highest BCUT2D eigenvalue weighted by atomic mass is 16.5. The van der Waals surface area contributed by atoms with Gasteiger partial charge in [0.1, 0.15) is 5.75 Å². The second-order valence-corrected chi connectivity index (χ2v) is 11.8. The number of pyridine rings is 1. The molecule has 0 saturated carbocycles. The lowest BCUT2D eigenvalue weighted by Crippen LogP contribution is -2.42. The summed E-state index contributed by atoms with van der Waals surface area (Å²) in [5.41, 5.74) is 3.78. The molecule has 0 spiro atoms. The van der Waals surface area contributed by atoms with E-state index in [1.165, 1.54) is 18.2 Å². The third-order valence-electron chi connectivity index (χ3n) is 7.05. The van der Waals surface area contributed by atoms with E-state index in [9.17, 15) is 24.6 Å². The fourth-order valence-electron chi connectivity index (χ4n) is 4.70. The number of amides is 2. The number of rotatable bonds is 10. The fourth-order valence-corrected chi connectivity index (χ4v) is 4.70. The summed E-state index contributed by atoms with van der Waals surface area (Å²) in [4.78, 5) is 47.2. The van der Waals surface area contributed by atoms with Crippen molar-refractivity contribution in [2.45, 2.75) is 51.7 Å². The highest BCUT2D eigenvalue weighted by Crippen LogP contribution is 2.32. The number of carbonyl (C=O) groups excluding carboxylic acids is 3. The van der Waals surface area contributed by atoms with Crippen molar-refractivity contribution in [3.8, 4) is 16.9 Å². The van der Waals surface area contributed by atoms with Crippen molar-refractivity contribution in [3.63, 3.8) is 0 Å². The minimum atomic E-state index is -0.731. The average molecular weight is 617 g/mol. The molecule has 2 heterocycles. The number of ether oxygens (including phenoxy) is 1. The number of nitrogens with one attached hydrogen (secondary N) is 4. The van der Waals surface area contributed by atoms with Crippen molar-refractivity contribution < 1.29 is 29.3 Å². The maximum Gasteiger partial charge on any atom is 0.308 e. The van der Waals surface area contributed by atoms with Gasteiger partial charge in [0.2, 0.25) is 5.91 Å². The summed E-state index contributed by atoms with van der Waals surface area (Å²) in [6.07, 6.45) is 2.75. The summed E-state index contributed by atoms with van der Waals surface area (Å²) in [5, 5.41) is 31.2. The summed E-state index contributed by atoms with van der Waals surface area (Å²) in [5.74, 6) is -1.34. The number of β-amino-alcohol motifs (C(OH)–C–C–N with tert-alkyl or cyclic N) is 1. The van der Waals surface area contributed by atoms with Gasteiger partial charge in [-0.25, -0.2) is 0 Å². The molecular weight excluding hydrogens is 576 g/mol. The predicted molar refractivity (Wildman–Crippen MR) is 171 cm³/mol. The second-order valence-electron chi connectivity index (χ2n) is 11.8. The quantitative estimate of drug-likeness (QED) is 0.187. The third kappa shape index (κ3) is 9.51. The van der Waals surface area contributed by atoms with Crippen LogP contribution < -0.4 is 21.3 Å². The number of aromatic hydroxyl groups is 1. The monoisotopic (exact) mass is 616 g/mol. The van der Waals surface area contributed by atoms with Gasteiger partial charge >= 0.3 is 5.97 Å². The molecule has 6 N–H and O–H groups in total. The molecule has 0 fully saturated rings. The number of nitrogens with zero attached hydrogens (tertiary/aromatic N) is 2. The molecule has 0 aliphatic carbocycles. The van der Waals surface area contributed by atoms with Crippen molar-refractivity contribution >= 4 is 29.4 Å². The number of hydrogen-bond donors (Lipinski definition) is 6. The van der Waals surface area contributed by atoms with Gasteiger partial charge in [-0.1, -0.05) is 39.0 Å². The number of anilines is 1. The van der Waals surface area contributed by atoms with Crippen LogP contribution in [0.5, 0.6) is 5.75 Å². The molecule has 2 atom stereocenters. The Balaban J connectivity index is 1.51. The number of carbonyl (C=O) groups is 3. The molecule has 1 aromatic heterocycles. The summed E-state index contributed by atoms with van der Waals surface area (Å²) >= 11 is 0. The zero-order valence-electron chi connectivity index (χ0n) is 25.9. The summed E-state index contributed by atoms with van der Waals surface area (Å²) in [6.45, 7) is 8.32. The van der Waals surface area contributed by atoms with E-state index in [0.29, 0.717) is 23.8 Å². The molecule has 0 bridgehead atoms. The molecule has 12 nitrogen and oxygen atoms in total. The van der Waals surface area contributed by atoms with Crippen molar-refractivity contribution in [2.75, 3.05) is 31.6 Å². The minimum absolute atomic E-state index is 0.107. The molecule has 1 aliphatic heterocycles. The van der Waals surface area contributed by atoms with E-state index in [-0.39, 0.29) is 42.8 Å². The van der Waals surface area contributed by atoms with Crippen molar-refractivity contribution in [1.82, 2.24) is 20.9 Å². The molecule has 4 rings (SSSR count). The van der Waals surface area contributed by atoms with Crippen LogP contribution in [0.4, 0.5) is 5.69 Å². The molecule has 2 unspecified atom stereocenters. The number of aliphatic hydroxyl groups excluding tert-OH is 1. The third-order valence-corrected chi connectivity index (χ3v) is 7.05. The zero-order chi connectivity index (χ0) is 32.6. The van der Waals surface area contributed by atoms with Crippen LogP contribution in [0.25, 0.3) is 11.1 Å². The SMILES string of the molecule is CCOC(=O)CC(NC(=O)CNC(=O)c1cc(O)cc(NC2=NCC(O)CN2)c1)c1cc(-c2cccnc2)cc(C(C)(C)C)c1. The normalized spacial score (nSPS) is 15.2. The number of aliphatic hydroxyl groups is 1. The Labute approximate surface area is 262 Å². The van der Waals surface area contributed by atoms with Gasteiger partial charge in [0.05, 0.1) is 38.3 Å². The van der Waals surface area contributed by atoms with Gasteiger partial charge in [0, 0.05) is 41.8 Å². The first-order valence-corrected chi connectivity index (χ1v) is 14.8. The maximum atomic E-state index is 13.2. The van der Waals surface area contributed by atoms with Crippen molar-refractivity contribution in [3.05, 3.63) is 77.6 Å². The lowest BCUT2D eigenvalue weighted by Gasteiger charge is -2.25. The standard InChI is InChI=1S/C33H40N6O6/c1-5-45-30(43)15-28(22-9-21(20-7-6-8-34-16-20)10-24(11-22)33(2,3)4)39-29(42)19-35-31(44)23-12-25(14-26(40)13-23)38-32-36-17-27(41)18-37-32/h6-14,16,27-28,40-41H,5,15,17-19H2,1-4H3,(H,35,44)(H,39,42)(H2,36,37,38). The lowest BCUT2D eigenvalue weighted by atomic mass is 9.83. The Morgan fingerprint density at radius 3 is 2.58 bits per heavy atom. The van der Waals surface area contributed by atoms with E-state index in [0.717, 1.165) is 16.7 Å². The molecular formula is C33H40N6O6. The van der Waals surface area contributed by atoms with Gasteiger partial charge in [-0.15, -0.1) is 0 Å². The van der Waals surface area contributed by atoms with Gasteiger partial charge in [-0.3, -0.25) is 24.4 Å². The summed E-state index contributed by atoms with van der Waals surface area (Å²) in [7, 11) is 0. The van der Waals surface area contributed by atoms with E-state index >= 15 is 0 Å². The molecule has 0 saturated heterocycles. The first-order chi connectivity index (χ1) is 21.4. The van der Waals surface area contributed by atoms with Gasteiger partial charge in [-0.2, -0.15) is 0 Å². The van der Waals surface area contributed by atoms with E-state index in [1.54, 1.807) is 19.3 Å². The van der Waals surface area contributed by atoms with E-state index in [2.05, 4.69) is 58.1 Å². The minimum Gasteiger partial charge on any atom is -0.508 e. The highest BCUT2D eigenvalue weighted by Gasteiger charge is 2.24. The van der Waals surface area contributed by atoms with Crippen molar-refractivity contribution in [1.29, 1.82) is 0 Å². The smallest absolute Gasteiger partial charge is 0.308 e. The first kappa shape index (κ1) is 32.9. The number of aliphatic imine (C=N–C) groups is 1. The van der Waals surface area contributed by atoms with Crippen LogP contribution in [-0.2, 0) is 19.7 Å². The molecule has 45 heavy (non-hydrogen) atoms.